The fraction of sp³-hybridized carbons (Fsp3) is 0.278. The van der Waals surface area contributed by atoms with Crippen LogP contribution in [0.3, 0.4) is 0 Å². The van der Waals surface area contributed by atoms with Gasteiger partial charge >= 0.3 is 0 Å². The van der Waals surface area contributed by atoms with Crippen LogP contribution in [-0.4, -0.2) is 57.9 Å². The molecule has 0 atom stereocenters. The molecule has 0 amide bonds. The number of nitrogens with zero attached hydrogens (tertiary/aromatic N) is 4. The second-order valence-electron chi connectivity index (χ2n) is 6.02. The van der Waals surface area contributed by atoms with Crippen LogP contribution in [0.25, 0.3) is 11.1 Å². The Kier molecular flexibility index (Phi) is 5.60. The lowest BCUT2D eigenvalue weighted by Gasteiger charge is -2.28. The van der Waals surface area contributed by atoms with Gasteiger partial charge in [0.2, 0.25) is 5.95 Å². The van der Waals surface area contributed by atoms with Gasteiger partial charge < -0.3 is 15.3 Å². The fourth-order valence-corrected chi connectivity index (χ4v) is 2.84. The summed E-state index contributed by atoms with van der Waals surface area (Å²) in [6, 6.07) is 2.35. The summed E-state index contributed by atoms with van der Waals surface area (Å²) in [6.07, 6.45) is 2.53. The van der Waals surface area contributed by atoms with E-state index in [9.17, 15) is 13.9 Å². The number of piperazine rings is 1. The van der Waals surface area contributed by atoms with Crippen LogP contribution < -0.4 is 5.32 Å². The summed E-state index contributed by atoms with van der Waals surface area (Å²) in [6.45, 7) is 8.75. The Morgan fingerprint density at radius 2 is 2.04 bits per heavy atom. The van der Waals surface area contributed by atoms with Crippen LogP contribution in [0.2, 0.25) is 0 Å². The average molecular weight is 374 g/mol. The van der Waals surface area contributed by atoms with Crippen molar-refractivity contribution in [3.63, 3.8) is 0 Å². The summed E-state index contributed by atoms with van der Waals surface area (Å²) >= 11 is 0. The molecule has 1 fully saturated rings. The first kappa shape index (κ1) is 18.7. The van der Waals surface area contributed by atoms with E-state index in [2.05, 4.69) is 37.2 Å². The van der Waals surface area contributed by atoms with Crippen LogP contribution in [0.15, 0.2) is 41.2 Å². The van der Waals surface area contributed by atoms with Crippen molar-refractivity contribution in [2.45, 2.75) is 6.92 Å². The van der Waals surface area contributed by atoms with Crippen LogP contribution in [-0.2, 0) is 0 Å². The topological polar surface area (TPSA) is 88.9 Å². The molecule has 2 heterocycles. The van der Waals surface area contributed by atoms with Crippen molar-refractivity contribution in [3.05, 3.63) is 48.3 Å². The van der Waals surface area contributed by atoms with Crippen molar-refractivity contribution in [2.24, 2.45) is 10.2 Å². The number of phenols is 1. The molecule has 0 bridgehead atoms. The predicted octanol–water partition coefficient (Wildman–Crippen LogP) is 2.27. The number of allylic oxidation sites excluding steroid dienone is 1. The number of aromatic nitrogens is 2. The summed E-state index contributed by atoms with van der Waals surface area (Å²) < 4.78 is 28.3. The first-order valence-electron chi connectivity index (χ1n) is 8.43. The smallest absolute Gasteiger partial charge is 0.216 e. The maximum Gasteiger partial charge on any atom is 0.216 e. The highest BCUT2D eigenvalue weighted by atomic mass is 19.1. The molecule has 1 aromatic carbocycles. The maximum absolute atomic E-state index is 14.6. The molecule has 0 radical (unpaired) electrons. The Bertz CT molecular complexity index is 876. The number of halogens is 2. The number of benzene rings is 1. The van der Waals surface area contributed by atoms with Gasteiger partial charge in [0.15, 0.2) is 0 Å². The lowest BCUT2D eigenvalue weighted by Crippen LogP contribution is -2.45. The second kappa shape index (κ2) is 8.09. The zero-order valence-electron chi connectivity index (χ0n) is 14.8. The standard InChI is InChI=1S/C18H20F2N6O/c1-3-15(24-23-11(2)26-6-4-21-5-7-26)17-14(19)8-12(9-16(17)27)13-10-22-25-18(13)20/h3,8-10,21,27H,1,4-7H2,2H3,(H,22,25)/b23-11+,24-15+. The zero-order chi connectivity index (χ0) is 19.4. The minimum atomic E-state index is -0.765. The van der Waals surface area contributed by atoms with Gasteiger partial charge in [0.1, 0.15) is 17.4 Å². The van der Waals surface area contributed by atoms with Crippen LogP contribution in [0.1, 0.15) is 12.5 Å². The molecule has 1 saturated heterocycles. The molecule has 9 heteroatoms. The van der Waals surface area contributed by atoms with Gasteiger partial charge in [-0.1, -0.05) is 6.58 Å². The Balaban J connectivity index is 1.93. The van der Waals surface area contributed by atoms with Gasteiger partial charge in [0.25, 0.3) is 0 Å². The molecule has 0 spiro atoms. The summed E-state index contributed by atoms with van der Waals surface area (Å²) in [4.78, 5) is 2.06. The number of aromatic amines is 1. The average Bonchev–Trinajstić information content (AvgIpc) is 3.10. The summed E-state index contributed by atoms with van der Waals surface area (Å²) in [5.74, 6) is -1.18. The van der Waals surface area contributed by atoms with E-state index in [0.717, 1.165) is 32.2 Å². The number of phenolic OH excluding ortho intramolecular Hbond substituents is 1. The van der Waals surface area contributed by atoms with Crippen molar-refractivity contribution < 1.29 is 13.9 Å². The number of aromatic hydroxyl groups is 1. The minimum Gasteiger partial charge on any atom is -0.507 e. The predicted molar refractivity (Wildman–Crippen MR) is 99.9 cm³/mol. The number of hydrogen-bond acceptors (Lipinski definition) is 5. The molecule has 142 valence electrons. The van der Waals surface area contributed by atoms with E-state index in [1.807, 2.05) is 6.92 Å². The highest BCUT2D eigenvalue weighted by Crippen LogP contribution is 2.30. The van der Waals surface area contributed by atoms with E-state index >= 15 is 0 Å². The minimum absolute atomic E-state index is 0.0559. The van der Waals surface area contributed by atoms with E-state index in [-0.39, 0.29) is 28.2 Å². The number of rotatable bonds is 4. The van der Waals surface area contributed by atoms with E-state index < -0.39 is 11.8 Å². The monoisotopic (exact) mass is 374 g/mol. The Morgan fingerprint density at radius 3 is 2.63 bits per heavy atom. The number of nitrogens with one attached hydrogen (secondary N) is 2. The van der Waals surface area contributed by atoms with Gasteiger partial charge in [-0.2, -0.15) is 9.49 Å². The molecule has 1 aliphatic rings. The van der Waals surface area contributed by atoms with Crippen molar-refractivity contribution in [1.29, 1.82) is 0 Å². The molecule has 1 aromatic heterocycles. The normalized spacial score (nSPS) is 15.9. The van der Waals surface area contributed by atoms with Crippen molar-refractivity contribution >= 4 is 11.5 Å². The Morgan fingerprint density at radius 1 is 1.30 bits per heavy atom. The van der Waals surface area contributed by atoms with Crippen LogP contribution in [0.4, 0.5) is 8.78 Å². The molecule has 27 heavy (non-hydrogen) atoms. The van der Waals surface area contributed by atoms with E-state index in [0.29, 0.717) is 5.84 Å². The third kappa shape index (κ3) is 4.03. The van der Waals surface area contributed by atoms with Gasteiger partial charge in [0, 0.05) is 26.2 Å². The molecule has 0 saturated carbocycles. The Labute approximate surface area is 155 Å². The summed E-state index contributed by atoms with van der Waals surface area (Å²) in [5.41, 5.74) is 0.150. The second-order valence-corrected chi connectivity index (χ2v) is 6.02. The van der Waals surface area contributed by atoms with E-state index in [1.54, 1.807) is 0 Å². The maximum atomic E-state index is 14.6. The molecule has 2 aromatic rings. The zero-order valence-corrected chi connectivity index (χ0v) is 14.8. The Hall–Kier alpha value is -3.07. The summed E-state index contributed by atoms with van der Waals surface area (Å²) in [7, 11) is 0. The highest BCUT2D eigenvalue weighted by Gasteiger charge is 2.18. The molecular weight excluding hydrogens is 354 g/mol. The number of amidine groups is 1. The van der Waals surface area contributed by atoms with Gasteiger partial charge in [-0.05, 0) is 30.7 Å². The highest BCUT2D eigenvalue weighted by molar-refractivity contribution is 6.10. The third-order valence-corrected chi connectivity index (χ3v) is 4.30. The molecule has 3 N–H and O–H groups in total. The van der Waals surface area contributed by atoms with Crippen molar-refractivity contribution in [2.75, 3.05) is 26.2 Å². The first-order chi connectivity index (χ1) is 13.0. The molecule has 3 rings (SSSR count). The van der Waals surface area contributed by atoms with Gasteiger partial charge in [0.05, 0.1) is 23.0 Å². The fourth-order valence-electron chi connectivity index (χ4n) is 2.84. The lowest BCUT2D eigenvalue weighted by molar-refractivity contribution is 0.355. The third-order valence-electron chi connectivity index (χ3n) is 4.30. The van der Waals surface area contributed by atoms with Crippen LogP contribution in [0, 0.1) is 11.8 Å². The first-order valence-corrected chi connectivity index (χ1v) is 8.43. The van der Waals surface area contributed by atoms with Crippen LogP contribution in [0.5, 0.6) is 5.75 Å². The molecule has 0 aliphatic carbocycles. The quantitative estimate of drug-likeness (QED) is 0.435. The number of hydrogen-bond donors (Lipinski definition) is 3. The van der Waals surface area contributed by atoms with Crippen LogP contribution >= 0.6 is 0 Å². The van der Waals surface area contributed by atoms with E-state index in [4.69, 9.17) is 0 Å². The lowest BCUT2D eigenvalue weighted by atomic mass is 10.0. The summed E-state index contributed by atoms with van der Waals surface area (Å²) in [5, 5.41) is 27.4. The molecule has 7 nitrogen and oxygen atoms in total. The SMILES string of the molecule is C=C/C(=N\N=C(/C)N1CCNCC1)c1c(O)cc(-c2cn[nH]c2F)cc1F. The van der Waals surface area contributed by atoms with Gasteiger partial charge in [-0.15, -0.1) is 10.2 Å². The molecule has 1 aliphatic heterocycles. The van der Waals surface area contributed by atoms with Gasteiger partial charge in [-0.25, -0.2) is 4.39 Å². The molecule has 0 unspecified atom stereocenters. The van der Waals surface area contributed by atoms with Crippen molar-refractivity contribution in [3.8, 4) is 16.9 Å². The van der Waals surface area contributed by atoms with Gasteiger partial charge in [-0.3, -0.25) is 5.10 Å². The molecular formula is C18H20F2N6O. The van der Waals surface area contributed by atoms with E-state index in [1.165, 1.54) is 18.3 Å². The largest absolute Gasteiger partial charge is 0.507 e. The number of H-pyrrole nitrogens is 1. The van der Waals surface area contributed by atoms with Crippen molar-refractivity contribution in [1.82, 2.24) is 20.4 Å².